The third kappa shape index (κ3) is 8.07. The van der Waals surface area contributed by atoms with Gasteiger partial charge in [-0.3, -0.25) is 5.10 Å². The first-order chi connectivity index (χ1) is 29.3. The fourth-order valence-corrected chi connectivity index (χ4v) is 8.29. The van der Waals surface area contributed by atoms with Crippen LogP contribution in [0.25, 0.3) is 44.7 Å². The number of benzene rings is 4. The lowest BCUT2D eigenvalue weighted by Crippen LogP contribution is -2.18. The van der Waals surface area contributed by atoms with E-state index in [9.17, 15) is 0 Å². The van der Waals surface area contributed by atoms with Crippen LogP contribution in [0.4, 0.5) is 17.3 Å². The van der Waals surface area contributed by atoms with E-state index in [1.54, 1.807) is 12.5 Å². The van der Waals surface area contributed by atoms with Crippen molar-refractivity contribution in [3.05, 3.63) is 155 Å². The molecule has 8 aromatic rings. The minimum atomic E-state index is -0.0578. The van der Waals surface area contributed by atoms with Gasteiger partial charge in [-0.1, -0.05) is 48.4 Å². The van der Waals surface area contributed by atoms with E-state index in [0.717, 1.165) is 104 Å². The second kappa shape index (κ2) is 16.5. The molecule has 4 aromatic heterocycles. The summed E-state index contributed by atoms with van der Waals surface area (Å²) in [5.74, 6) is 5.65. The first kappa shape index (κ1) is 38.3. The van der Waals surface area contributed by atoms with E-state index in [0.29, 0.717) is 24.6 Å². The molecule has 0 fully saturated rings. The monoisotopic (exact) mass is 789 g/mol. The lowest BCUT2D eigenvalue weighted by molar-refractivity contribution is 0.598. The number of nitrogens with one attached hydrogen (secondary N) is 4. The van der Waals surface area contributed by atoms with Gasteiger partial charge in [0.25, 0.3) is 0 Å². The van der Waals surface area contributed by atoms with Crippen LogP contribution in [0.3, 0.4) is 0 Å². The maximum Gasteiger partial charge on any atom is 0.135 e. The molecular formula is C50H47N9O. The zero-order valence-corrected chi connectivity index (χ0v) is 34.3. The molecule has 0 saturated carbocycles. The summed E-state index contributed by atoms with van der Waals surface area (Å²) in [6.45, 7) is 8.65. The molecule has 298 valence electrons. The lowest BCUT2D eigenvalue weighted by atomic mass is 9.88. The van der Waals surface area contributed by atoms with Crippen LogP contribution in [0.1, 0.15) is 76.9 Å². The molecule has 10 heteroatoms. The molecule has 0 radical (unpaired) electrons. The molecule has 0 spiro atoms. The first-order valence-corrected chi connectivity index (χ1v) is 20.5. The average Bonchev–Trinajstić information content (AvgIpc) is 3.94. The van der Waals surface area contributed by atoms with E-state index in [-0.39, 0.29) is 12.1 Å². The Morgan fingerprint density at radius 3 is 2.58 bits per heavy atom. The third-order valence-electron chi connectivity index (χ3n) is 11.5. The molecule has 1 aliphatic rings. The highest BCUT2D eigenvalue weighted by Crippen LogP contribution is 2.35. The standard InChI is InChI=1S/C50H47N9O/c1-6-20-51-44-25-39(46-28-50(55-33(5)54-46)56-43-16-10-12-34-11-7-8-15-40(34)43)23-38(31(44)3)26-48-57-45(37-17-18-47-41(24-37)30(2)29-60-47)27-49(58-48)53-32(4)35-13-9-14-36(22-35)42-19-21-52-59-42/h1,7-9,11,13-15,17-19,21-25,27-29,32,43,51H,10,12,16,20,26H2,2-5H3,(H,52,59)(H,53,57,58)(H,54,55,56). The Labute approximate surface area is 350 Å². The van der Waals surface area contributed by atoms with Crippen LogP contribution in [0, 0.1) is 33.1 Å². The van der Waals surface area contributed by atoms with Gasteiger partial charge >= 0.3 is 0 Å². The minimum Gasteiger partial charge on any atom is -0.464 e. The maximum atomic E-state index is 5.79. The molecule has 2 unspecified atom stereocenters. The molecule has 1 aliphatic carbocycles. The van der Waals surface area contributed by atoms with Crippen molar-refractivity contribution >= 4 is 28.3 Å². The number of terminal acetylenes is 1. The van der Waals surface area contributed by atoms with Crippen molar-refractivity contribution in [1.29, 1.82) is 0 Å². The smallest absolute Gasteiger partial charge is 0.135 e. The summed E-state index contributed by atoms with van der Waals surface area (Å²) in [4.78, 5) is 20.2. The highest BCUT2D eigenvalue weighted by molar-refractivity contribution is 5.86. The van der Waals surface area contributed by atoms with E-state index in [1.807, 2.05) is 25.1 Å². The van der Waals surface area contributed by atoms with Gasteiger partial charge in [0.05, 0.1) is 35.9 Å². The molecule has 9 rings (SSSR count). The van der Waals surface area contributed by atoms with Gasteiger partial charge in [-0.2, -0.15) is 5.10 Å². The zero-order chi connectivity index (χ0) is 41.2. The molecule has 10 nitrogen and oxygen atoms in total. The summed E-state index contributed by atoms with van der Waals surface area (Å²) in [5, 5.41) is 19.2. The Balaban J connectivity index is 1.08. The van der Waals surface area contributed by atoms with Gasteiger partial charge in [0, 0.05) is 53.0 Å². The summed E-state index contributed by atoms with van der Waals surface area (Å²) in [6.07, 6.45) is 13.1. The fraction of sp³-hybridized carbons (Fsp3) is 0.220. The van der Waals surface area contributed by atoms with Gasteiger partial charge in [-0.25, -0.2) is 19.9 Å². The fourth-order valence-electron chi connectivity index (χ4n) is 8.29. The quantitative estimate of drug-likeness (QED) is 0.0894. The van der Waals surface area contributed by atoms with E-state index in [4.69, 9.17) is 30.8 Å². The number of anilines is 3. The number of aryl methyl sites for hydroxylation is 3. The van der Waals surface area contributed by atoms with Gasteiger partial charge in [-0.05, 0) is 128 Å². The number of rotatable bonds is 12. The molecule has 4 heterocycles. The molecular weight excluding hydrogens is 743 g/mol. The number of hydrogen-bond acceptors (Lipinski definition) is 9. The third-order valence-corrected chi connectivity index (χ3v) is 11.5. The van der Waals surface area contributed by atoms with Crippen LogP contribution in [-0.2, 0) is 12.8 Å². The molecule has 4 aromatic carbocycles. The van der Waals surface area contributed by atoms with Crippen LogP contribution in [0.15, 0.2) is 114 Å². The Kier molecular flexibility index (Phi) is 10.6. The summed E-state index contributed by atoms with van der Waals surface area (Å²) in [5.41, 5.74) is 14.4. The highest BCUT2D eigenvalue weighted by Gasteiger charge is 2.21. The number of aromatic nitrogens is 6. The first-order valence-electron chi connectivity index (χ1n) is 20.5. The molecule has 0 amide bonds. The van der Waals surface area contributed by atoms with E-state index in [1.165, 1.54) is 11.1 Å². The number of aromatic amines is 1. The average molecular weight is 790 g/mol. The number of furan rings is 1. The number of H-pyrrole nitrogens is 1. The number of hydrogen-bond donors (Lipinski definition) is 4. The molecule has 0 bridgehead atoms. The number of nitrogens with zero attached hydrogens (tertiary/aromatic N) is 5. The predicted octanol–water partition coefficient (Wildman–Crippen LogP) is 11.0. The van der Waals surface area contributed by atoms with Gasteiger partial charge in [0.15, 0.2) is 0 Å². The van der Waals surface area contributed by atoms with Crippen LogP contribution >= 0.6 is 0 Å². The summed E-state index contributed by atoms with van der Waals surface area (Å²) in [7, 11) is 0. The maximum absolute atomic E-state index is 5.79. The normalized spacial score (nSPS) is 14.0. The van der Waals surface area contributed by atoms with E-state index >= 15 is 0 Å². The van der Waals surface area contributed by atoms with E-state index < -0.39 is 0 Å². The lowest BCUT2D eigenvalue weighted by Gasteiger charge is -2.27. The number of fused-ring (bicyclic) bond motifs is 2. The Morgan fingerprint density at radius 1 is 0.850 bits per heavy atom. The zero-order valence-electron chi connectivity index (χ0n) is 34.3. The van der Waals surface area contributed by atoms with Crippen molar-refractivity contribution in [2.24, 2.45) is 0 Å². The summed E-state index contributed by atoms with van der Waals surface area (Å²) < 4.78 is 5.79. The van der Waals surface area contributed by atoms with E-state index in [2.05, 4.69) is 132 Å². The molecule has 2 atom stereocenters. The summed E-state index contributed by atoms with van der Waals surface area (Å²) in [6, 6.07) is 33.9. The van der Waals surface area contributed by atoms with Gasteiger partial charge in [0.1, 0.15) is 28.9 Å². The van der Waals surface area contributed by atoms with Gasteiger partial charge in [0.2, 0.25) is 0 Å². The highest BCUT2D eigenvalue weighted by atomic mass is 16.3. The SMILES string of the molecule is C#CCNc1cc(-c2cc(NC3CCCc4ccccc43)nc(C)n2)cc(Cc2nc(NC(C)c3cccc(-c4ccn[nH]4)c3)cc(-c3ccc4occ(C)c4c3)n2)c1C. The molecule has 0 aliphatic heterocycles. The molecule has 60 heavy (non-hydrogen) atoms. The Bertz CT molecular complexity index is 2870. The van der Waals surface area contributed by atoms with Gasteiger partial charge in [-0.15, -0.1) is 6.42 Å². The Morgan fingerprint density at radius 2 is 1.72 bits per heavy atom. The second-order valence-electron chi connectivity index (χ2n) is 15.7. The Hall–Kier alpha value is -7.25. The van der Waals surface area contributed by atoms with Crippen molar-refractivity contribution in [3.63, 3.8) is 0 Å². The molecule has 0 saturated heterocycles. The second-order valence-corrected chi connectivity index (χ2v) is 15.7. The van der Waals surface area contributed by atoms with Crippen LogP contribution < -0.4 is 16.0 Å². The largest absolute Gasteiger partial charge is 0.464 e. The van der Waals surface area contributed by atoms with Crippen molar-refractivity contribution in [1.82, 2.24) is 30.1 Å². The van der Waals surface area contributed by atoms with Gasteiger partial charge < -0.3 is 20.4 Å². The van der Waals surface area contributed by atoms with Crippen molar-refractivity contribution in [2.75, 3.05) is 22.5 Å². The topological polar surface area (TPSA) is 129 Å². The van der Waals surface area contributed by atoms with Crippen molar-refractivity contribution in [3.8, 4) is 46.1 Å². The van der Waals surface area contributed by atoms with Crippen LogP contribution in [0.2, 0.25) is 0 Å². The van der Waals surface area contributed by atoms with Crippen molar-refractivity contribution in [2.45, 2.75) is 65.5 Å². The predicted molar refractivity (Wildman–Crippen MR) is 241 cm³/mol. The molecule has 4 N–H and O–H groups in total. The minimum absolute atomic E-state index is 0.0578. The summed E-state index contributed by atoms with van der Waals surface area (Å²) >= 11 is 0. The van der Waals surface area contributed by atoms with Crippen LogP contribution in [-0.4, -0.2) is 36.7 Å². The van der Waals surface area contributed by atoms with Crippen molar-refractivity contribution < 1.29 is 4.42 Å². The van der Waals surface area contributed by atoms with Crippen LogP contribution in [0.5, 0.6) is 0 Å².